The molecular formula is C18H22ClN3O. The summed E-state index contributed by atoms with van der Waals surface area (Å²) in [6, 6.07) is 14.2. The molecule has 23 heavy (non-hydrogen) atoms. The van der Waals surface area contributed by atoms with Crippen molar-refractivity contribution in [1.82, 2.24) is 0 Å². The van der Waals surface area contributed by atoms with E-state index in [9.17, 15) is 4.79 Å². The Kier molecular flexibility index (Phi) is 5.50. The van der Waals surface area contributed by atoms with Crippen LogP contribution in [0.1, 0.15) is 11.1 Å². The molecule has 2 aromatic rings. The van der Waals surface area contributed by atoms with Gasteiger partial charge >= 0.3 is 0 Å². The number of benzene rings is 2. The maximum Gasteiger partial charge on any atom is 0.243 e. The second kappa shape index (κ2) is 7.38. The molecule has 2 N–H and O–H groups in total. The topological polar surface area (TPSA) is 44.4 Å². The Balaban J connectivity index is 0.00000192. The van der Waals surface area contributed by atoms with E-state index in [-0.39, 0.29) is 18.3 Å². The van der Waals surface area contributed by atoms with E-state index in [1.165, 1.54) is 5.56 Å². The fourth-order valence-corrected chi connectivity index (χ4v) is 2.83. The highest BCUT2D eigenvalue weighted by Gasteiger charge is 2.18. The van der Waals surface area contributed by atoms with Crippen LogP contribution >= 0.6 is 12.4 Å². The van der Waals surface area contributed by atoms with Gasteiger partial charge in [-0.05, 0) is 37.6 Å². The molecule has 4 nitrogen and oxygen atoms in total. The quantitative estimate of drug-likeness (QED) is 0.903. The standard InChI is InChI=1S/C18H21N3O.ClH/c1-13-7-8-15(14(2)11-13)20-18(22)12-21-10-9-19-16-5-3-4-6-17(16)21;/h3-8,11,19H,9-10,12H2,1-2H3,(H,20,22);1H. The van der Waals surface area contributed by atoms with E-state index in [1.54, 1.807) is 0 Å². The van der Waals surface area contributed by atoms with Crippen LogP contribution in [0.4, 0.5) is 17.1 Å². The van der Waals surface area contributed by atoms with Gasteiger partial charge in [0, 0.05) is 18.8 Å². The van der Waals surface area contributed by atoms with Crippen molar-refractivity contribution in [3.63, 3.8) is 0 Å². The van der Waals surface area contributed by atoms with Gasteiger partial charge in [-0.15, -0.1) is 12.4 Å². The molecule has 0 fully saturated rings. The SMILES string of the molecule is Cc1ccc(NC(=O)CN2CCNc3ccccc32)c(C)c1.Cl. The van der Waals surface area contributed by atoms with E-state index >= 15 is 0 Å². The third kappa shape index (κ3) is 3.96. The molecule has 1 amide bonds. The van der Waals surface area contributed by atoms with E-state index < -0.39 is 0 Å². The van der Waals surface area contributed by atoms with Crippen molar-refractivity contribution in [2.45, 2.75) is 13.8 Å². The van der Waals surface area contributed by atoms with Crippen LogP contribution in [0.15, 0.2) is 42.5 Å². The molecule has 0 radical (unpaired) electrons. The first kappa shape index (κ1) is 17.2. The summed E-state index contributed by atoms with van der Waals surface area (Å²) in [5.74, 6) is 0.0173. The number of para-hydroxylation sites is 2. The van der Waals surface area contributed by atoms with Crippen LogP contribution in [0.3, 0.4) is 0 Å². The molecule has 0 unspecified atom stereocenters. The van der Waals surface area contributed by atoms with Crippen LogP contribution in [0, 0.1) is 13.8 Å². The number of fused-ring (bicyclic) bond motifs is 1. The van der Waals surface area contributed by atoms with Gasteiger partial charge in [0.2, 0.25) is 5.91 Å². The highest BCUT2D eigenvalue weighted by molar-refractivity contribution is 5.95. The normalized spacial score (nSPS) is 12.7. The number of nitrogens with zero attached hydrogens (tertiary/aromatic N) is 1. The van der Waals surface area contributed by atoms with Gasteiger partial charge in [0.1, 0.15) is 0 Å². The average molecular weight is 332 g/mol. The molecule has 1 aliphatic heterocycles. The third-order valence-electron chi connectivity index (χ3n) is 3.93. The lowest BCUT2D eigenvalue weighted by atomic mass is 10.1. The number of halogens is 1. The van der Waals surface area contributed by atoms with Crippen LogP contribution in [0.25, 0.3) is 0 Å². The smallest absolute Gasteiger partial charge is 0.243 e. The largest absolute Gasteiger partial charge is 0.382 e. The molecule has 5 heteroatoms. The number of nitrogens with one attached hydrogen (secondary N) is 2. The van der Waals surface area contributed by atoms with Gasteiger partial charge in [-0.1, -0.05) is 29.8 Å². The highest BCUT2D eigenvalue weighted by Crippen LogP contribution is 2.28. The molecule has 0 aromatic heterocycles. The van der Waals surface area contributed by atoms with E-state index in [0.29, 0.717) is 6.54 Å². The zero-order valence-electron chi connectivity index (χ0n) is 13.4. The number of aryl methyl sites for hydroxylation is 2. The van der Waals surface area contributed by atoms with Crippen molar-refractivity contribution >= 4 is 35.4 Å². The molecule has 0 aliphatic carbocycles. The number of hydrogen-bond acceptors (Lipinski definition) is 3. The first-order valence-corrected chi connectivity index (χ1v) is 7.58. The summed E-state index contributed by atoms with van der Waals surface area (Å²) in [5, 5.41) is 6.37. The third-order valence-corrected chi connectivity index (χ3v) is 3.93. The van der Waals surface area contributed by atoms with Crippen LogP contribution in [-0.4, -0.2) is 25.5 Å². The number of hydrogen-bond donors (Lipinski definition) is 2. The molecule has 0 bridgehead atoms. The second-order valence-corrected chi connectivity index (χ2v) is 5.73. The Morgan fingerprint density at radius 2 is 2.00 bits per heavy atom. The van der Waals surface area contributed by atoms with Gasteiger partial charge < -0.3 is 15.5 Å². The lowest BCUT2D eigenvalue weighted by Crippen LogP contribution is -2.39. The average Bonchev–Trinajstić information content (AvgIpc) is 2.50. The fourth-order valence-electron chi connectivity index (χ4n) is 2.83. The molecule has 1 heterocycles. The molecule has 0 saturated carbocycles. The van der Waals surface area contributed by atoms with Crippen LogP contribution in [0.2, 0.25) is 0 Å². The fraction of sp³-hybridized carbons (Fsp3) is 0.278. The molecule has 0 saturated heterocycles. The Labute approximate surface area is 143 Å². The molecule has 0 spiro atoms. The molecule has 0 atom stereocenters. The zero-order chi connectivity index (χ0) is 15.5. The van der Waals surface area contributed by atoms with Crippen LogP contribution in [-0.2, 0) is 4.79 Å². The minimum atomic E-state index is 0. The number of rotatable bonds is 3. The number of carbonyl (C=O) groups excluding carboxylic acids is 1. The molecule has 2 aromatic carbocycles. The molecular weight excluding hydrogens is 310 g/mol. The van der Waals surface area contributed by atoms with Crippen molar-refractivity contribution in [2.24, 2.45) is 0 Å². The van der Waals surface area contributed by atoms with Crippen LogP contribution < -0.4 is 15.5 Å². The van der Waals surface area contributed by atoms with Gasteiger partial charge in [0.25, 0.3) is 0 Å². The van der Waals surface area contributed by atoms with E-state index in [1.807, 2.05) is 43.3 Å². The Morgan fingerprint density at radius 1 is 1.22 bits per heavy atom. The van der Waals surface area contributed by atoms with E-state index in [0.717, 1.165) is 35.7 Å². The van der Waals surface area contributed by atoms with Crippen LogP contribution in [0.5, 0.6) is 0 Å². The van der Waals surface area contributed by atoms with Crippen molar-refractivity contribution in [3.8, 4) is 0 Å². The summed E-state index contributed by atoms with van der Waals surface area (Å²) in [6.45, 7) is 6.12. The zero-order valence-corrected chi connectivity index (χ0v) is 14.2. The first-order chi connectivity index (χ1) is 10.6. The molecule has 3 rings (SSSR count). The number of anilines is 3. The van der Waals surface area contributed by atoms with Gasteiger partial charge in [0.05, 0.1) is 17.9 Å². The number of carbonyl (C=O) groups is 1. The minimum absolute atomic E-state index is 0. The first-order valence-electron chi connectivity index (χ1n) is 7.58. The van der Waals surface area contributed by atoms with E-state index in [4.69, 9.17) is 0 Å². The predicted molar refractivity (Wildman–Crippen MR) is 98.9 cm³/mol. The monoisotopic (exact) mass is 331 g/mol. The van der Waals surface area contributed by atoms with Crippen molar-refractivity contribution in [2.75, 3.05) is 35.2 Å². The summed E-state index contributed by atoms with van der Waals surface area (Å²) >= 11 is 0. The Bertz CT molecular complexity index is 702. The summed E-state index contributed by atoms with van der Waals surface area (Å²) in [6.07, 6.45) is 0. The van der Waals surface area contributed by atoms with Gasteiger partial charge in [0.15, 0.2) is 0 Å². The maximum absolute atomic E-state index is 12.4. The van der Waals surface area contributed by atoms with Crippen molar-refractivity contribution in [3.05, 3.63) is 53.6 Å². The summed E-state index contributed by atoms with van der Waals surface area (Å²) in [7, 11) is 0. The lowest BCUT2D eigenvalue weighted by Gasteiger charge is -2.31. The lowest BCUT2D eigenvalue weighted by molar-refractivity contribution is -0.115. The summed E-state index contributed by atoms with van der Waals surface area (Å²) < 4.78 is 0. The van der Waals surface area contributed by atoms with Gasteiger partial charge in [-0.25, -0.2) is 0 Å². The van der Waals surface area contributed by atoms with Gasteiger partial charge in [-0.3, -0.25) is 4.79 Å². The van der Waals surface area contributed by atoms with E-state index in [2.05, 4.69) is 28.5 Å². The summed E-state index contributed by atoms with van der Waals surface area (Å²) in [4.78, 5) is 14.5. The van der Waals surface area contributed by atoms with Crippen molar-refractivity contribution in [1.29, 1.82) is 0 Å². The molecule has 122 valence electrons. The van der Waals surface area contributed by atoms with Gasteiger partial charge in [-0.2, -0.15) is 0 Å². The summed E-state index contributed by atoms with van der Waals surface area (Å²) in [5.41, 5.74) is 5.36. The predicted octanol–water partition coefficient (Wildman–Crippen LogP) is 3.60. The van der Waals surface area contributed by atoms with Crippen molar-refractivity contribution < 1.29 is 4.79 Å². The molecule has 1 aliphatic rings. The Morgan fingerprint density at radius 3 is 2.78 bits per heavy atom. The number of amides is 1. The Hall–Kier alpha value is -2.20. The second-order valence-electron chi connectivity index (χ2n) is 5.73. The minimum Gasteiger partial charge on any atom is -0.382 e. The maximum atomic E-state index is 12.4. The highest BCUT2D eigenvalue weighted by atomic mass is 35.5.